The third kappa shape index (κ3) is 4.67. The molecule has 3 heteroatoms. The number of benzene rings is 4. The van der Waals surface area contributed by atoms with Gasteiger partial charge >= 0.3 is 0 Å². The molecule has 132 valence electrons. The van der Waals surface area contributed by atoms with Crippen molar-refractivity contribution in [2.24, 2.45) is 0 Å². The van der Waals surface area contributed by atoms with Crippen LogP contribution in [0.4, 0.5) is 34.1 Å². The van der Waals surface area contributed by atoms with Gasteiger partial charge in [-0.05, 0) is 54.6 Å². The lowest BCUT2D eigenvalue weighted by molar-refractivity contribution is 1.49. The molecule has 0 spiro atoms. The Hall–Kier alpha value is -3.72. The molecular weight excluding hydrogens is 330 g/mol. The largest absolute Gasteiger partial charge is 0.355 e. The van der Waals surface area contributed by atoms with E-state index < -0.39 is 0 Å². The molecule has 27 heavy (non-hydrogen) atoms. The normalized spacial score (nSPS) is 10.2. The summed E-state index contributed by atoms with van der Waals surface area (Å²) in [4.78, 5) is 0. The molecule has 0 aliphatic rings. The average molecular weight is 351 g/mol. The maximum absolute atomic E-state index is 3.48. The van der Waals surface area contributed by atoms with E-state index in [1.165, 1.54) is 0 Å². The minimum absolute atomic E-state index is 1.01. The fourth-order valence-corrected chi connectivity index (χ4v) is 2.91. The van der Waals surface area contributed by atoms with Crippen LogP contribution < -0.4 is 16.0 Å². The van der Waals surface area contributed by atoms with Gasteiger partial charge < -0.3 is 16.0 Å². The number of hydrogen-bond donors (Lipinski definition) is 3. The molecule has 0 aromatic heterocycles. The summed E-state index contributed by atoms with van der Waals surface area (Å²) in [5, 5.41) is 10.4. The third-order valence-corrected chi connectivity index (χ3v) is 4.12. The summed E-state index contributed by atoms with van der Waals surface area (Å²) < 4.78 is 0. The zero-order chi connectivity index (χ0) is 18.3. The molecule has 0 unspecified atom stereocenters. The van der Waals surface area contributed by atoms with Gasteiger partial charge in [0.25, 0.3) is 0 Å². The van der Waals surface area contributed by atoms with Crippen LogP contribution in [-0.2, 0) is 0 Å². The first-order valence-corrected chi connectivity index (χ1v) is 8.96. The zero-order valence-corrected chi connectivity index (χ0v) is 14.9. The van der Waals surface area contributed by atoms with Gasteiger partial charge in [0, 0.05) is 34.1 Å². The van der Waals surface area contributed by atoms with E-state index in [-0.39, 0.29) is 0 Å². The summed E-state index contributed by atoms with van der Waals surface area (Å²) in [6.07, 6.45) is 0. The van der Waals surface area contributed by atoms with Crippen molar-refractivity contribution in [2.45, 2.75) is 0 Å². The average Bonchev–Trinajstić information content (AvgIpc) is 2.70. The molecule has 0 heterocycles. The molecule has 0 aliphatic carbocycles. The van der Waals surface area contributed by atoms with Crippen LogP contribution in [0, 0.1) is 0 Å². The first-order valence-electron chi connectivity index (χ1n) is 8.96. The maximum Gasteiger partial charge on any atom is 0.0425 e. The Morgan fingerprint density at radius 2 is 0.556 bits per heavy atom. The Morgan fingerprint density at radius 3 is 0.815 bits per heavy atom. The SMILES string of the molecule is c1ccc(Nc2cc(Nc3ccccc3)cc(Nc3ccccc3)c2)cc1. The van der Waals surface area contributed by atoms with Crippen LogP contribution >= 0.6 is 0 Å². The van der Waals surface area contributed by atoms with Crippen molar-refractivity contribution in [3.8, 4) is 0 Å². The molecule has 4 aromatic rings. The molecule has 3 nitrogen and oxygen atoms in total. The van der Waals surface area contributed by atoms with Gasteiger partial charge in [-0.1, -0.05) is 54.6 Å². The topological polar surface area (TPSA) is 36.1 Å². The summed E-state index contributed by atoms with van der Waals surface area (Å²) in [5.41, 5.74) is 6.21. The lowest BCUT2D eigenvalue weighted by Gasteiger charge is -2.15. The van der Waals surface area contributed by atoms with Crippen LogP contribution in [0.25, 0.3) is 0 Å². The van der Waals surface area contributed by atoms with Crippen LogP contribution in [0.1, 0.15) is 0 Å². The van der Waals surface area contributed by atoms with E-state index in [2.05, 4.69) is 70.5 Å². The Bertz CT molecular complexity index is 839. The third-order valence-electron chi connectivity index (χ3n) is 4.12. The van der Waals surface area contributed by atoms with Crippen molar-refractivity contribution in [2.75, 3.05) is 16.0 Å². The molecule has 0 bridgehead atoms. The second-order valence-corrected chi connectivity index (χ2v) is 6.27. The summed E-state index contributed by atoms with van der Waals surface area (Å²) in [7, 11) is 0. The fourth-order valence-electron chi connectivity index (χ4n) is 2.91. The Balaban J connectivity index is 1.64. The predicted octanol–water partition coefficient (Wildman–Crippen LogP) is 6.92. The standard InChI is InChI=1S/C24H21N3/c1-4-10-19(11-5-1)25-22-16-23(26-20-12-6-2-7-13-20)18-24(17-22)27-21-14-8-3-9-15-21/h1-18,25-27H. The molecule has 0 saturated carbocycles. The number of nitrogens with one attached hydrogen (secondary N) is 3. The van der Waals surface area contributed by atoms with E-state index in [0.717, 1.165) is 34.1 Å². The second kappa shape index (κ2) is 8.11. The molecule has 3 N–H and O–H groups in total. The number of para-hydroxylation sites is 3. The molecule has 4 aromatic carbocycles. The lowest BCUT2D eigenvalue weighted by Crippen LogP contribution is -1.97. The van der Waals surface area contributed by atoms with E-state index in [4.69, 9.17) is 0 Å². The smallest absolute Gasteiger partial charge is 0.0425 e. The Morgan fingerprint density at radius 1 is 0.296 bits per heavy atom. The summed E-state index contributed by atoms with van der Waals surface area (Å²) in [6, 6.07) is 36.9. The number of rotatable bonds is 6. The van der Waals surface area contributed by atoms with E-state index in [1.807, 2.05) is 54.6 Å². The molecule has 0 aliphatic heterocycles. The quantitative estimate of drug-likeness (QED) is 0.353. The highest BCUT2D eigenvalue weighted by atomic mass is 14.9. The monoisotopic (exact) mass is 351 g/mol. The summed E-state index contributed by atoms with van der Waals surface area (Å²) >= 11 is 0. The van der Waals surface area contributed by atoms with Crippen molar-refractivity contribution >= 4 is 34.1 Å². The molecular formula is C24H21N3. The molecule has 0 saturated heterocycles. The van der Waals surface area contributed by atoms with E-state index in [1.54, 1.807) is 0 Å². The zero-order valence-electron chi connectivity index (χ0n) is 14.9. The minimum Gasteiger partial charge on any atom is -0.355 e. The Labute approximate surface area is 159 Å². The minimum atomic E-state index is 1.01. The Kier molecular flexibility index (Phi) is 5.02. The number of hydrogen-bond acceptors (Lipinski definition) is 3. The molecule has 0 atom stereocenters. The molecule has 0 amide bonds. The van der Waals surface area contributed by atoms with Gasteiger partial charge in [-0.2, -0.15) is 0 Å². The predicted molar refractivity (Wildman–Crippen MR) is 116 cm³/mol. The lowest BCUT2D eigenvalue weighted by atomic mass is 10.2. The van der Waals surface area contributed by atoms with Crippen LogP contribution in [0.15, 0.2) is 109 Å². The first-order chi connectivity index (χ1) is 13.3. The summed E-state index contributed by atoms with van der Waals surface area (Å²) in [5.74, 6) is 0. The van der Waals surface area contributed by atoms with Gasteiger partial charge in [-0.25, -0.2) is 0 Å². The van der Waals surface area contributed by atoms with Crippen molar-refractivity contribution in [1.29, 1.82) is 0 Å². The highest BCUT2D eigenvalue weighted by Gasteiger charge is 2.04. The van der Waals surface area contributed by atoms with Crippen molar-refractivity contribution in [3.05, 3.63) is 109 Å². The van der Waals surface area contributed by atoms with Gasteiger partial charge in [-0.15, -0.1) is 0 Å². The van der Waals surface area contributed by atoms with Crippen LogP contribution in [0.2, 0.25) is 0 Å². The molecule has 4 rings (SSSR count). The van der Waals surface area contributed by atoms with Crippen LogP contribution in [0.5, 0.6) is 0 Å². The van der Waals surface area contributed by atoms with Crippen LogP contribution in [-0.4, -0.2) is 0 Å². The van der Waals surface area contributed by atoms with Gasteiger partial charge in [0.15, 0.2) is 0 Å². The van der Waals surface area contributed by atoms with Crippen molar-refractivity contribution in [3.63, 3.8) is 0 Å². The molecule has 0 fully saturated rings. The van der Waals surface area contributed by atoms with E-state index >= 15 is 0 Å². The maximum atomic E-state index is 3.48. The second-order valence-electron chi connectivity index (χ2n) is 6.27. The van der Waals surface area contributed by atoms with Gasteiger partial charge in [-0.3, -0.25) is 0 Å². The van der Waals surface area contributed by atoms with Gasteiger partial charge in [0.05, 0.1) is 0 Å². The molecule has 0 radical (unpaired) electrons. The van der Waals surface area contributed by atoms with E-state index in [9.17, 15) is 0 Å². The summed E-state index contributed by atoms with van der Waals surface area (Å²) in [6.45, 7) is 0. The van der Waals surface area contributed by atoms with Crippen LogP contribution in [0.3, 0.4) is 0 Å². The first kappa shape index (κ1) is 16.7. The fraction of sp³-hybridized carbons (Fsp3) is 0. The highest BCUT2D eigenvalue weighted by Crippen LogP contribution is 2.29. The van der Waals surface area contributed by atoms with E-state index in [0.29, 0.717) is 0 Å². The highest BCUT2D eigenvalue weighted by molar-refractivity contribution is 5.76. The van der Waals surface area contributed by atoms with Crippen molar-refractivity contribution < 1.29 is 0 Å². The van der Waals surface area contributed by atoms with Gasteiger partial charge in [0.1, 0.15) is 0 Å². The van der Waals surface area contributed by atoms with Crippen molar-refractivity contribution in [1.82, 2.24) is 0 Å². The van der Waals surface area contributed by atoms with Gasteiger partial charge in [0.2, 0.25) is 0 Å². The number of anilines is 6.